The fourth-order valence-electron chi connectivity index (χ4n) is 2.62. The lowest BCUT2D eigenvalue weighted by molar-refractivity contribution is -0.140. The van der Waals surface area contributed by atoms with E-state index < -0.39 is 0 Å². The Morgan fingerprint density at radius 2 is 1.38 bits per heavy atom. The first-order valence-corrected chi connectivity index (χ1v) is 10.8. The van der Waals surface area contributed by atoms with E-state index in [4.69, 9.17) is 9.47 Å². The van der Waals surface area contributed by atoms with Crippen LogP contribution in [0.25, 0.3) is 17.2 Å². The molecule has 0 fully saturated rings. The molecule has 0 aliphatic carbocycles. The molecule has 4 heteroatoms. The number of methoxy groups -OCH3 is 1. The van der Waals surface area contributed by atoms with Gasteiger partial charge >= 0.3 is 5.97 Å². The standard InChI is InChI=1S/C22H20O2.C4H8O2.C2H6/c1-23-21-13-15-22(16-14-21)24-17-5-6-18-9-11-20(12-10-18)19-7-3-2-4-8-19;1-3-6-4(2)5;1-2/h2-16H,17H2,1H3;3H2,1-2H3;1-2H3/b6-5+;;. The van der Waals surface area contributed by atoms with E-state index in [1.54, 1.807) is 14.0 Å². The van der Waals surface area contributed by atoms with Crippen molar-refractivity contribution in [2.24, 2.45) is 0 Å². The maximum atomic E-state index is 9.82. The van der Waals surface area contributed by atoms with Gasteiger partial charge in [-0.15, -0.1) is 0 Å². The largest absolute Gasteiger partial charge is 0.497 e. The minimum absolute atomic E-state index is 0.211. The summed E-state index contributed by atoms with van der Waals surface area (Å²) in [4.78, 5) is 9.82. The Bertz CT molecular complexity index is 898. The fourth-order valence-corrected chi connectivity index (χ4v) is 2.62. The molecule has 0 bridgehead atoms. The van der Waals surface area contributed by atoms with E-state index in [2.05, 4.69) is 59.3 Å². The molecule has 0 saturated carbocycles. The van der Waals surface area contributed by atoms with Crippen LogP contribution in [0.4, 0.5) is 0 Å². The van der Waals surface area contributed by atoms with Gasteiger partial charge in [0.25, 0.3) is 0 Å². The molecule has 0 aromatic heterocycles. The maximum absolute atomic E-state index is 9.82. The molecule has 170 valence electrons. The summed E-state index contributed by atoms with van der Waals surface area (Å²) in [5, 5.41) is 0. The lowest BCUT2D eigenvalue weighted by atomic mass is 10.0. The van der Waals surface area contributed by atoms with E-state index in [9.17, 15) is 4.79 Å². The topological polar surface area (TPSA) is 44.8 Å². The second-order valence-corrected chi connectivity index (χ2v) is 6.30. The highest BCUT2D eigenvalue weighted by Gasteiger charge is 1.96. The van der Waals surface area contributed by atoms with Crippen LogP contribution in [-0.2, 0) is 9.53 Å². The number of rotatable bonds is 7. The fraction of sp³-hybridized carbons (Fsp3) is 0.250. The number of hydrogen-bond donors (Lipinski definition) is 0. The highest BCUT2D eigenvalue weighted by molar-refractivity contribution is 5.66. The van der Waals surface area contributed by atoms with Gasteiger partial charge in [0.15, 0.2) is 0 Å². The van der Waals surface area contributed by atoms with Crippen LogP contribution in [-0.4, -0.2) is 26.3 Å². The zero-order chi connectivity index (χ0) is 23.6. The summed E-state index contributed by atoms with van der Waals surface area (Å²) in [5.74, 6) is 1.45. The Balaban J connectivity index is 0.000000556. The molecule has 0 unspecified atom stereocenters. The number of benzene rings is 3. The van der Waals surface area contributed by atoms with Crippen molar-refractivity contribution in [1.82, 2.24) is 0 Å². The summed E-state index contributed by atoms with van der Waals surface area (Å²) >= 11 is 0. The molecule has 0 aliphatic rings. The quantitative estimate of drug-likeness (QED) is 0.374. The third-order valence-electron chi connectivity index (χ3n) is 4.08. The number of carbonyl (C=O) groups excluding carboxylic acids is 1. The molecule has 3 aromatic rings. The third kappa shape index (κ3) is 10.5. The summed E-state index contributed by atoms with van der Waals surface area (Å²) in [5.41, 5.74) is 3.62. The summed E-state index contributed by atoms with van der Waals surface area (Å²) in [6.07, 6.45) is 4.08. The van der Waals surface area contributed by atoms with Gasteiger partial charge in [0.05, 0.1) is 13.7 Å². The van der Waals surface area contributed by atoms with E-state index in [0.29, 0.717) is 13.2 Å². The molecule has 4 nitrogen and oxygen atoms in total. The smallest absolute Gasteiger partial charge is 0.302 e. The van der Waals surface area contributed by atoms with Crippen LogP contribution in [0.15, 0.2) is 84.9 Å². The summed E-state index contributed by atoms with van der Waals surface area (Å²) in [6.45, 7) is 8.19. The predicted molar refractivity (Wildman–Crippen MR) is 133 cm³/mol. The summed E-state index contributed by atoms with van der Waals surface area (Å²) in [7, 11) is 1.65. The Hall–Kier alpha value is -3.53. The highest BCUT2D eigenvalue weighted by Crippen LogP contribution is 2.20. The molecule has 3 rings (SSSR count). The summed E-state index contributed by atoms with van der Waals surface area (Å²) < 4.78 is 15.2. The van der Waals surface area contributed by atoms with Gasteiger partial charge in [-0.05, 0) is 54.0 Å². The monoisotopic (exact) mass is 434 g/mol. The molecule has 0 saturated heterocycles. The molecule has 0 amide bonds. The number of ether oxygens (including phenoxy) is 3. The number of esters is 1. The van der Waals surface area contributed by atoms with Crippen LogP contribution < -0.4 is 9.47 Å². The normalized spacial score (nSPS) is 9.66. The van der Waals surface area contributed by atoms with Crippen molar-refractivity contribution >= 4 is 12.0 Å². The average molecular weight is 435 g/mol. The second kappa shape index (κ2) is 16.2. The Morgan fingerprint density at radius 3 is 1.88 bits per heavy atom. The maximum Gasteiger partial charge on any atom is 0.302 e. The van der Waals surface area contributed by atoms with Gasteiger partial charge < -0.3 is 14.2 Å². The molecule has 0 N–H and O–H groups in total. The zero-order valence-corrected chi connectivity index (χ0v) is 19.7. The van der Waals surface area contributed by atoms with Crippen molar-refractivity contribution < 1.29 is 19.0 Å². The molecule has 32 heavy (non-hydrogen) atoms. The Labute approximate surface area is 192 Å². The van der Waals surface area contributed by atoms with Crippen LogP contribution in [0, 0.1) is 0 Å². The second-order valence-electron chi connectivity index (χ2n) is 6.30. The van der Waals surface area contributed by atoms with Gasteiger partial charge in [-0.25, -0.2) is 0 Å². The first-order chi connectivity index (χ1) is 15.6. The van der Waals surface area contributed by atoms with E-state index in [1.165, 1.54) is 18.1 Å². The van der Waals surface area contributed by atoms with E-state index in [0.717, 1.165) is 17.1 Å². The van der Waals surface area contributed by atoms with E-state index in [-0.39, 0.29) is 5.97 Å². The van der Waals surface area contributed by atoms with Gasteiger partial charge in [-0.2, -0.15) is 0 Å². The van der Waals surface area contributed by atoms with Crippen molar-refractivity contribution in [2.45, 2.75) is 27.7 Å². The highest BCUT2D eigenvalue weighted by atomic mass is 16.5. The number of hydrogen-bond acceptors (Lipinski definition) is 4. The molecule has 0 atom stereocenters. The van der Waals surface area contributed by atoms with Crippen molar-refractivity contribution in [3.8, 4) is 22.6 Å². The Morgan fingerprint density at radius 1 is 0.812 bits per heavy atom. The van der Waals surface area contributed by atoms with Crippen molar-refractivity contribution in [2.75, 3.05) is 20.3 Å². The van der Waals surface area contributed by atoms with Crippen LogP contribution in [0.1, 0.15) is 33.3 Å². The molecule has 0 heterocycles. The Kier molecular flexibility index (Phi) is 13.4. The van der Waals surface area contributed by atoms with Gasteiger partial charge in [0, 0.05) is 6.92 Å². The van der Waals surface area contributed by atoms with Gasteiger partial charge in [-0.1, -0.05) is 74.5 Å². The first kappa shape index (κ1) is 26.5. The van der Waals surface area contributed by atoms with Crippen LogP contribution >= 0.6 is 0 Å². The lowest BCUT2D eigenvalue weighted by Gasteiger charge is -2.04. The van der Waals surface area contributed by atoms with Crippen LogP contribution in [0.3, 0.4) is 0 Å². The molecule has 0 spiro atoms. The molecule has 0 radical (unpaired) electrons. The minimum atomic E-state index is -0.211. The average Bonchev–Trinajstić information content (AvgIpc) is 2.85. The van der Waals surface area contributed by atoms with E-state index in [1.807, 2.05) is 50.3 Å². The minimum Gasteiger partial charge on any atom is -0.497 e. The first-order valence-electron chi connectivity index (χ1n) is 10.8. The van der Waals surface area contributed by atoms with Crippen LogP contribution in [0.5, 0.6) is 11.5 Å². The molecule has 0 aliphatic heterocycles. The van der Waals surface area contributed by atoms with Crippen molar-refractivity contribution in [3.05, 3.63) is 90.5 Å². The summed E-state index contributed by atoms with van der Waals surface area (Å²) in [6, 6.07) is 26.5. The van der Waals surface area contributed by atoms with Crippen molar-refractivity contribution in [3.63, 3.8) is 0 Å². The van der Waals surface area contributed by atoms with Gasteiger partial charge in [-0.3, -0.25) is 4.79 Å². The third-order valence-corrected chi connectivity index (χ3v) is 4.08. The number of carbonyl (C=O) groups is 1. The van der Waals surface area contributed by atoms with E-state index >= 15 is 0 Å². The molecular formula is C28H34O4. The SMILES string of the molecule is CC.CCOC(C)=O.COc1ccc(OC/C=C/c2ccc(-c3ccccc3)cc2)cc1. The van der Waals surface area contributed by atoms with Gasteiger partial charge in [0.1, 0.15) is 18.1 Å². The van der Waals surface area contributed by atoms with Crippen molar-refractivity contribution in [1.29, 1.82) is 0 Å². The van der Waals surface area contributed by atoms with Gasteiger partial charge in [0.2, 0.25) is 0 Å². The molecule has 3 aromatic carbocycles. The lowest BCUT2D eigenvalue weighted by Crippen LogP contribution is -1.95. The zero-order valence-electron chi connectivity index (χ0n) is 19.7. The molecular weight excluding hydrogens is 400 g/mol. The predicted octanol–water partition coefficient (Wildman–Crippen LogP) is 7.05. The van der Waals surface area contributed by atoms with Crippen LogP contribution in [0.2, 0.25) is 0 Å².